The quantitative estimate of drug-likeness (QED) is 0.317. The van der Waals surface area contributed by atoms with Gasteiger partial charge in [0.15, 0.2) is 0 Å². The van der Waals surface area contributed by atoms with Gasteiger partial charge in [0.1, 0.15) is 17.0 Å². The zero-order valence-electron chi connectivity index (χ0n) is 20.0. The molecule has 1 aromatic heterocycles. The number of amides is 1. The first-order valence-electron chi connectivity index (χ1n) is 12.3. The Morgan fingerprint density at radius 2 is 1.83 bits per heavy atom. The van der Waals surface area contributed by atoms with Crippen molar-refractivity contribution in [2.75, 3.05) is 31.1 Å². The van der Waals surface area contributed by atoms with E-state index in [1.54, 1.807) is 23.1 Å². The lowest BCUT2D eigenvalue weighted by Gasteiger charge is -2.34. The number of anilines is 1. The van der Waals surface area contributed by atoms with Crippen molar-refractivity contribution in [2.24, 2.45) is 5.92 Å². The first-order chi connectivity index (χ1) is 17.0. The van der Waals surface area contributed by atoms with Crippen molar-refractivity contribution in [3.8, 4) is 5.75 Å². The van der Waals surface area contributed by atoms with E-state index in [1.807, 2.05) is 6.07 Å². The molecule has 0 N–H and O–H groups in total. The molecule has 0 spiro atoms. The van der Waals surface area contributed by atoms with Crippen molar-refractivity contribution in [3.05, 3.63) is 70.1 Å². The molecule has 7 nitrogen and oxygen atoms in total. The number of rotatable bonds is 5. The summed E-state index contributed by atoms with van der Waals surface area (Å²) >= 11 is 0. The Morgan fingerprint density at radius 3 is 2.57 bits per heavy atom. The number of carbonyl (C=O) groups is 2. The van der Waals surface area contributed by atoms with Gasteiger partial charge in [-0.05, 0) is 80.4 Å². The smallest absolute Gasteiger partial charge is 0.360 e. The molecule has 1 saturated heterocycles. The van der Waals surface area contributed by atoms with Gasteiger partial charge in [-0.25, -0.2) is 4.79 Å². The van der Waals surface area contributed by atoms with Gasteiger partial charge in [0, 0.05) is 18.9 Å². The lowest BCUT2D eigenvalue weighted by Crippen LogP contribution is -2.46. The molecule has 0 saturated carbocycles. The van der Waals surface area contributed by atoms with Crippen LogP contribution in [0.1, 0.15) is 37.3 Å². The SMILES string of the molecule is CC(=O)Oc1ccc2oc(=O)c3c(c2c1)CCCN3C(=O)CN1CCC(Cc2ccccc2)CC1. The average Bonchev–Trinajstić information content (AvgIpc) is 2.85. The molecule has 2 aliphatic rings. The van der Waals surface area contributed by atoms with Crippen molar-refractivity contribution in [1.82, 2.24) is 4.90 Å². The highest BCUT2D eigenvalue weighted by molar-refractivity contribution is 5.99. The molecule has 7 heteroatoms. The fraction of sp³-hybridized carbons (Fsp3) is 0.393. The van der Waals surface area contributed by atoms with E-state index in [0.29, 0.717) is 47.8 Å². The molecule has 1 fully saturated rings. The number of likely N-dealkylation sites (tertiary alicyclic amines) is 1. The Morgan fingerprint density at radius 1 is 1.06 bits per heavy atom. The summed E-state index contributed by atoms with van der Waals surface area (Å²) in [6, 6.07) is 15.5. The number of hydrogen-bond donors (Lipinski definition) is 0. The number of esters is 1. The highest BCUT2D eigenvalue weighted by Crippen LogP contribution is 2.33. The van der Waals surface area contributed by atoms with Crippen LogP contribution in [0.25, 0.3) is 11.0 Å². The van der Waals surface area contributed by atoms with Gasteiger partial charge in [0.2, 0.25) is 5.91 Å². The first-order valence-corrected chi connectivity index (χ1v) is 12.3. The summed E-state index contributed by atoms with van der Waals surface area (Å²) in [5.41, 5.74) is 2.41. The fourth-order valence-corrected chi connectivity index (χ4v) is 5.34. The third-order valence-electron chi connectivity index (χ3n) is 7.03. The topological polar surface area (TPSA) is 80.1 Å². The van der Waals surface area contributed by atoms with E-state index in [0.717, 1.165) is 44.3 Å². The standard InChI is InChI=1S/C28H30N2O5/c1-19(31)34-22-9-10-25-24(17-22)23-8-5-13-30(27(23)28(33)35-25)26(32)18-29-14-11-21(12-15-29)16-20-6-3-2-4-7-20/h2-4,6-7,9-10,17,21H,5,8,11-16,18H2,1H3. The Hall–Kier alpha value is -3.45. The van der Waals surface area contributed by atoms with Crippen molar-refractivity contribution >= 4 is 28.5 Å². The van der Waals surface area contributed by atoms with Crippen molar-refractivity contribution in [1.29, 1.82) is 0 Å². The summed E-state index contributed by atoms with van der Waals surface area (Å²) < 4.78 is 10.8. The molecule has 2 aromatic carbocycles. The second kappa shape index (κ2) is 10.0. The van der Waals surface area contributed by atoms with E-state index >= 15 is 0 Å². The van der Waals surface area contributed by atoms with Gasteiger partial charge in [0.05, 0.1) is 6.54 Å². The van der Waals surface area contributed by atoms with Gasteiger partial charge in [-0.2, -0.15) is 0 Å². The third kappa shape index (κ3) is 5.15. The van der Waals surface area contributed by atoms with Gasteiger partial charge >= 0.3 is 11.6 Å². The van der Waals surface area contributed by atoms with Gasteiger partial charge in [-0.1, -0.05) is 30.3 Å². The van der Waals surface area contributed by atoms with E-state index in [4.69, 9.17) is 9.15 Å². The molecule has 0 aliphatic carbocycles. The summed E-state index contributed by atoms with van der Waals surface area (Å²) in [5, 5.41) is 0.706. The number of fused-ring (bicyclic) bond motifs is 3. The average molecular weight is 475 g/mol. The van der Waals surface area contributed by atoms with Crippen LogP contribution in [0.4, 0.5) is 5.69 Å². The van der Waals surface area contributed by atoms with E-state index in [-0.39, 0.29) is 5.91 Å². The second-order valence-corrected chi connectivity index (χ2v) is 9.53. The lowest BCUT2D eigenvalue weighted by atomic mass is 9.90. The summed E-state index contributed by atoms with van der Waals surface area (Å²) in [7, 11) is 0. The number of hydrogen-bond acceptors (Lipinski definition) is 6. The zero-order chi connectivity index (χ0) is 24.4. The van der Waals surface area contributed by atoms with Crippen LogP contribution >= 0.6 is 0 Å². The summed E-state index contributed by atoms with van der Waals surface area (Å²) in [6.45, 7) is 3.89. The van der Waals surface area contributed by atoms with Crippen molar-refractivity contribution in [2.45, 2.75) is 39.0 Å². The van der Waals surface area contributed by atoms with Crippen molar-refractivity contribution in [3.63, 3.8) is 0 Å². The summed E-state index contributed by atoms with van der Waals surface area (Å²) in [6.07, 6.45) is 4.62. The van der Waals surface area contributed by atoms with Crippen molar-refractivity contribution < 1.29 is 18.7 Å². The first kappa shape index (κ1) is 23.3. The highest BCUT2D eigenvalue weighted by atomic mass is 16.5. The monoisotopic (exact) mass is 474 g/mol. The van der Waals surface area contributed by atoms with E-state index < -0.39 is 11.6 Å². The van der Waals surface area contributed by atoms with Gasteiger partial charge in [0.25, 0.3) is 0 Å². The number of benzene rings is 2. The predicted octanol–water partition coefficient (Wildman–Crippen LogP) is 3.95. The maximum Gasteiger partial charge on any atom is 0.360 e. The molecule has 2 aliphatic heterocycles. The molecule has 0 unspecified atom stereocenters. The molecule has 182 valence electrons. The molecule has 3 aromatic rings. The van der Waals surface area contributed by atoms with Crippen LogP contribution in [0.3, 0.4) is 0 Å². The minimum absolute atomic E-state index is 0.0738. The van der Waals surface area contributed by atoms with Crippen LogP contribution < -0.4 is 15.3 Å². The van der Waals surface area contributed by atoms with E-state index in [1.165, 1.54) is 12.5 Å². The van der Waals surface area contributed by atoms with Crippen LogP contribution in [-0.2, 0) is 22.4 Å². The minimum atomic E-state index is -0.498. The molecule has 1 amide bonds. The normalized spacial score (nSPS) is 16.8. The second-order valence-electron chi connectivity index (χ2n) is 9.53. The maximum absolute atomic E-state index is 13.3. The highest BCUT2D eigenvalue weighted by Gasteiger charge is 2.30. The molecule has 0 atom stereocenters. The largest absolute Gasteiger partial charge is 0.427 e. The molecule has 0 radical (unpaired) electrons. The maximum atomic E-state index is 13.3. The van der Waals surface area contributed by atoms with E-state index in [2.05, 4.69) is 29.2 Å². The predicted molar refractivity (Wildman–Crippen MR) is 134 cm³/mol. The van der Waals surface area contributed by atoms with Gasteiger partial charge < -0.3 is 14.1 Å². The van der Waals surface area contributed by atoms with Crippen LogP contribution in [0.2, 0.25) is 0 Å². The van der Waals surface area contributed by atoms with Crippen LogP contribution in [0, 0.1) is 5.92 Å². The third-order valence-corrected chi connectivity index (χ3v) is 7.03. The Bertz CT molecular complexity index is 1290. The van der Waals surface area contributed by atoms with Gasteiger partial charge in [-0.3, -0.25) is 14.5 Å². The Kier molecular flexibility index (Phi) is 6.68. The summed E-state index contributed by atoms with van der Waals surface area (Å²) in [4.78, 5) is 41.4. The lowest BCUT2D eigenvalue weighted by molar-refractivity contribution is -0.131. The zero-order valence-corrected chi connectivity index (χ0v) is 20.0. The molecule has 35 heavy (non-hydrogen) atoms. The summed E-state index contributed by atoms with van der Waals surface area (Å²) in [5.74, 6) is 0.530. The number of piperidine rings is 1. The Balaban J connectivity index is 1.30. The minimum Gasteiger partial charge on any atom is -0.427 e. The number of ether oxygens (including phenoxy) is 1. The molecule has 0 bridgehead atoms. The Labute approximate surface area is 204 Å². The number of nitrogens with zero attached hydrogens (tertiary/aromatic N) is 2. The molecule has 3 heterocycles. The van der Waals surface area contributed by atoms with E-state index in [9.17, 15) is 14.4 Å². The van der Waals surface area contributed by atoms with Crippen LogP contribution in [0.15, 0.2) is 57.7 Å². The molecular formula is C28H30N2O5. The van der Waals surface area contributed by atoms with Crippen LogP contribution in [-0.4, -0.2) is 43.0 Å². The van der Waals surface area contributed by atoms with Crippen LogP contribution in [0.5, 0.6) is 5.75 Å². The number of carbonyl (C=O) groups excluding carboxylic acids is 2. The van der Waals surface area contributed by atoms with Gasteiger partial charge in [-0.15, -0.1) is 0 Å². The molecular weight excluding hydrogens is 444 g/mol. The number of aryl methyl sites for hydroxylation is 1. The fourth-order valence-electron chi connectivity index (χ4n) is 5.34. The molecule has 5 rings (SSSR count).